The van der Waals surface area contributed by atoms with Crippen molar-refractivity contribution in [3.05, 3.63) is 53.6 Å². The number of hydrogen-bond donors (Lipinski definition) is 5. The van der Waals surface area contributed by atoms with Gasteiger partial charge in [-0.05, 0) is 48.0 Å². The molecule has 0 spiro atoms. The molecule has 1 saturated heterocycles. The number of rotatable bonds is 5. The standard InChI is InChI=1S/C22H25N7O5/c1-13(30)25-15-3-6-17(7-4-15)28-9-10-34-27(2)29(22(28)33)21(32)20(31)26-16-5-8-18-14(11-16)12-24-19(18)23/h3-8,11,21,32H,9-10,12H2,1-2H3,(H2,23,24)(H,25,30)(H,26,31)/t21-/m0/s1. The van der Waals surface area contributed by atoms with Crippen LogP contribution in [0.5, 0.6) is 0 Å². The van der Waals surface area contributed by atoms with Gasteiger partial charge < -0.3 is 21.1 Å². The van der Waals surface area contributed by atoms with Crippen molar-refractivity contribution >= 4 is 40.7 Å². The number of hydrazine groups is 1. The van der Waals surface area contributed by atoms with Crippen molar-refractivity contribution < 1.29 is 24.3 Å². The maximum Gasteiger partial charge on any atom is 0.343 e. The molecule has 0 bridgehead atoms. The van der Waals surface area contributed by atoms with Crippen molar-refractivity contribution in [2.75, 3.05) is 35.7 Å². The minimum Gasteiger partial charge on any atom is -0.366 e. The van der Waals surface area contributed by atoms with Crippen LogP contribution in [0.3, 0.4) is 0 Å². The Kier molecular flexibility index (Phi) is 6.45. The van der Waals surface area contributed by atoms with Crippen LogP contribution in [0.25, 0.3) is 0 Å². The fraction of sp³-hybridized carbons (Fsp3) is 0.273. The van der Waals surface area contributed by atoms with Gasteiger partial charge in [0.1, 0.15) is 5.84 Å². The second kappa shape index (κ2) is 9.47. The largest absolute Gasteiger partial charge is 0.366 e. The lowest BCUT2D eigenvalue weighted by molar-refractivity contribution is -0.268. The predicted octanol–water partition coefficient (Wildman–Crippen LogP) is 1.05. The zero-order chi connectivity index (χ0) is 24.4. The number of carbonyl (C=O) groups excluding carboxylic acids is 3. The van der Waals surface area contributed by atoms with Crippen LogP contribution in [-0.4, -0.2) is 65.4 Å². The van der Waals surface area contributed by atoms with Crippen LogP contribution in [0.4, 0.5) is 21.9 Å². The van der Waals surface area contributed by atoms with Crippen molar-refractivity contribution in [3.8, 4) is 0 Å². The van der Waals surface area contributed by atoms with Crippen molar-refractivity contribution in [1.82, 2.24) is 15.5 Å². The molecule has 2 aliphatic heterocycles. The summed E-state index contributed by atoms with van der Waals surface area (Å²) in [6.45, 7) is 2.17. The first-order valence-corrected chi connectivity index (χ1v) is 10.5. The second-order valence-electron chi connectivity index (χ2n) is 7.77. The predicted molar refractivity (Wildman–Crippen MR) is 124 cm³/mol. The van der Waals surface area contributed by atoms with Crippen LogP contribution in [-0.2, 0) is 21.0 Å². The molecule has 2 aliphatic rings. The molecule has 2 aromatic carbocycles. The van der Waals surface area contributed by atoms with Crippen molar-refractivity contribution in [2.24, 2.45) is 0 Å². The first kappa shape index (κ1) is 23.2. The van der Waals surface area contributed by atoms with Gasteiger partial charge in [0.2, 0.25) is 12.1 Å². The van der Waals surface area contributed by atoms with Gasteiger partial charge in [-0.25, -0.2) is 4.79 Å². The van der Waals surface area contributed by atoms with Gasteiger partial charge in [0, 0.05) is 43.1 Å². The lowest BCUT2D eigenvalue weighted by Gasteiger charge is -2.33. The summed E-state index contributed by atoms with van der Waals surface area (Å²) >= 11 is 0. The first-order chi connectivity index (χ1) is 16.2. The number of fused-ring (bicyclic) bond motifs is 1. The third-order valence-electron chi connectivity index (χ3n) is 5.39. The summed E-state index contributed by atoms with van der Waals surface area (Å²) in [6, 6.07) is 11.0. The Balaban J connectivity index is 1.50. The summed E-state index contributed by atoms with van der Waals surface area (Å²) in [6.07, 6.45) is -1.87. The van der Waals surface area contributed by atoms with E-state index < -0.39 is 18.2 Å². The highest BCUT2D eigenvalue weighted by Gasteiger charge is 2.37. The lowest BCUT2D eigenvalue weighted by Crippen LogP contribution is -2.57. The topological polar surface area (TPSA) is 150 Å². The average Bonchev–Trinajstić information content (AvgIpc) is 3.09. The number of benzene rings is 2. The van der Waals surface area contributed by atoms with Gasteiger partial charge in [-0.2, -0.15) is 5.01 Å². The summed E-state index contributed by atoms with van der Waals surface area (Å²) in [5.41, 5.74) is 3.09. The van der Waals surface area contributed by atoms with Gasteiger partial charge in [-0.1, -0.05) is 5.17 Å². The molecule has 1 fully saturated rings. The summed E-state index contributed by atoms with van der Waals surface area (Å²) in [5, 5.41) is 28.6. The number of carbonyl (C=O) groups is 3. The third kappa shape index (κ3) is 4.69. The van der Waals surface area contributed by atoms with Gasteiger partial charge in [-0.3, -0.25) is 24.7 Å². The number of aliphatic hydroxyl groups excluding tert-OH is 1. The first-order valence-electron chi connectivity index (χ1n) is 10.5. The molecule has 0 aromatic heterocycles. The van der Waals surface area contributed by atoms with Crippen LogP contribution in [0, 0.1) is 5.41 Å². The Morgan fingerprint density at radius 1 is 1.15 bits per heavy atom. The maximum absolute atomic E-state index is 13.3. The van der Waals surface area contributed by atoms with Crippen LogP contribution in [0.2, 0.25) is 0 Å². The molecular weight excluding hydrogens is 442 g/mol. The quantitative estimate of drug-likeness (QED) is 0.441. The zero-order valence-electron chi connectivity index (χ0n) is 18.7. The number of hydrogen-bond acceptors (Lipinski definition) is 7. The van der Waals surface area contributed by atoms with Crippen molar-refractivity contribution in [1.29, 1.82) is 5.41 Å². The molecular formula is C22H25N7O5. The van der Waals surface area contributed by atoms with Crippen LogP contribution < -0.4 is 20.9 Å². The minimum atomic E-state index is -1.87. The monoisotopic (exact) mass is 467 g/mol. The van der Waals surface area contributed by atoms with Crippen molar-refractivity contribution in [3.63, 3.8) is 0 Å². The molecule has 0 radical (unpaired) electrons. The number of aliphatic hydroxyl groups is 1. The van der Waals surface area contributed by atoms with Gasteiger partial charge in [0.25, 0.3) is 5.91 Å². The van der Waals surface area contributed by atoms with E-state index in [4.69, 9.17) is 10.2 Å². The molecule has 5 N–H and O–H groups in total. The Hall–Kier alpha value is -4.00. The highest BCUT2D eigenvalue weighted by Crippen LogP contribution is 2.24. The Morgan fingerprint density at radius 3 is 2.56 bits per heavy atom. The number of anilines is 3. The van der Waals surface area contributed by atoms with E-state index in [1.165, 1.54) is 18.9 Å². The second-order valence-corrected chi connectivity index (χ2v) is 7.77. The molecule has 0 aliphatic carbocycles. The molecule has 2 heterocycles. The van der Waals surface area contributed by atoms with E-state index in [0.717, 1.165) is 21.3 Å². The molecule has 34 heavy (non-hydrogen) atoms. The molecule has 4 rings (SSSR count). The molecule has 1 atom stereocenters. The van der Waals surface area contributed by atoms with Gasteiger partial charge >= 0.3 is 6.03 Å². The maximum atomic E-state index is 13.3. The number of urea groups is 1. The molecule has 2 aromatic rings. The summed E-state index contributed by atoms with van der Waals surface area (Å²) < 4.78 is 0. The van der Waals surface area contributed by atoms with E-state index in [1.54, 1.807) is 42.5 Å². The van der Waals surface area contributed by atoms with E-state index in [1.807, 2.05) is 0 Å². The van der Waals surface area contributed by atoms with Crippen molar-refractivity contribution in [2.45, 2.75) is 19.7 Å². The van der Waals surface area contributed by atoms with E-state index >= 15 is 0 Å². The smallest absolute Gasteiger partial charge is 0.343 e. The minimum absolute atomic E-state index is 0.129. The highest BCUT2D eigenvalue weighted by atomic mass is 16.7. The summed E-state index contributed by atoms with van der Waals surface area (Å²) in [4.78, 5) is 44.2. The van der Waals surface area contributed by atoms with Gasteiger partial charge in [0.15, 0.2) is 0 Å². The molecule has 0 saturated carbocycles. The number of amidine groups is 1. The van der Waals surface area contributed by atoms with Gasteiger partial charge in [-0.15, -0.1) is 0 Å². The van der Waals surface area contributed by atoms with Gasteiger partial charge in [0.05, 0.1) is 13.2 Å². The SMILES string of the molecule is CC(=O)Nc1ccc(N2CCON(C)N([C@@H](O)C(=O)Nc3ccc4c(c3)CNC4=N)C2=O)cc1. The van der Waals surface area contributed by atoms with E-state index in [9.17, 15) is 19.5 Å². The third-order valence-corrected chi connectivity index (χ3v) is 5.39. The Labute approximate surface area is 195 Å². The fourth-order valence-corrected chi connectivity index (χ4v) is 3.75. The van der Waals surface area contributed by atoms with Crippen LogP contribution >= 0.6 is 0 Å². The molecule has 178 valence electrons. The molecule has 4 amide bonds. The number of nitrogens with zero attached hydrogens (tertiary/aromatic N) is 3. The Bertz CT molecular complexity index is 1140. The molecule has 12 nitrogen and oxygen atoms in total. The summed E-state index contributed by atoms with van der Waals surface area (Å²) in [5.74, 6) is -0.730. The van der Waals surface area contributed by atoms with E-state index in [-0.39, 0.29) is 19.1 Å². The average molecular weight is 467 g/mol. The highest BCUT2D eigenvalue weighted by molar-refractivity contribution is 6.02. The normalized spacial score (nSPS) is 17.0. The Morgan fingerprint density at radius 2 is 1.85 bits per heavy atom. The summed E-state index contributed by atoms with van der Waals surface area (Å²) in [7, 11) is 1.42. The van der Waals surface area contributed by atoms with E-state index in [2.05, 4.69) is 16.0 Å². The molecule has 0 unspecified atom stereocenters. The number of nitrogens with one attached hydrogen (secondary N) is 4. The van der Waals surface area contributed by atoms with Crippen LogP contribution in [0.15, 0.2) is 42.5 Å². The van der Waals surface area contributed by atoms with Crippen LogP contribution in [0.1, 0.15) is 18.1 Å². The molecule has 12 heteroatoms. The number of hydroxylamine groups is 1. The lowest BCUT2D eigenvalue weighted by atomic mass is 10.1. The fourth-order valence-electron chi connectivity index (χ4n) is 3.75. The zero-order valence-corrected chi connectivity index (χ0v) is 18.7. The number of amides is 4. The van der Waals surface area contributed by atoms with E-state index in [0.29, 0.717) is 29.4 Å².